The maximum absolute atomic E-state index is 12.4. The lowest BCUT2D eigenvalue weighted by molar-refractivity contribution is -0.498. The summed E-state index contributed by atoms with van der Waals surface area (Å²) >= 11 is 0. The second kappa shape index (κ2) is 8.23. The normalized spacial score (nSPS) is 13.6. The van der Waals surface area contributed by atoms with Crippen molar-refractivity contribution in [3.8, 4) is 0 Å². The van der Waals surface area contributed by atoms with Crippen molar-refractivity contribution in [2.45, 2.75) is 39.3 Å². The van der Waals surface area contributed by atoms with Gasteiger partial charge in [0, 0.05) is 25.2 Å². The second-order valence-corrected chi connectivity index (χ2v) is 5.42. The van der Waals surface area contributed by atoms with Gasteiger partial charge in [0.25, 0.3) is 0 Å². The van der Waals surface area contributed by atoms with E-state index in [1.807, 2.05) is 55.6 Å². The standard InChI is InChI=1S/C19H24N2O/c1-3-4-5-9-14-20-15-10-13-19(20)16-21(22)17(2)18-11-7-6-8-12-18/h5-13,15-17H,3-4,14H2,1-2H3/b9-5+,21-16-/t17-/m1/s1. The van der Waals surface area contributed by atoms with E-state index in [1.54, 1.807) is 6.21 Å². The van der Waals surface area contributed by atoms with Crippen LogP contribution >= 0.6 is 0 Å². The molecule has 1 atom stereocenters. The van der Waals surface area contributed by atoms with E-state index in [2.05, 4.69) is 23.6 Å². The van der Waals surface area contributed by atoms with Gasteiger partial charge in [-0.25, -0.2) is 4.74 Å². The maximum atomic E-state index is 12.4. The van der Waals surface area contributed by atoms with Crippen LogP contribution in [0, 0.1) is 5.21 Å². The summed E-state index contributed by atoms with van der Waals surface area (Å²) in [6, 6.07) is 13.6. The molecule has 0 saturated heterocycles. The number of hydrogen-bond acceptors (Lipinski definition) is 1. The molecule has 0 N–H and O–H groups in total. The summed E-state index contributed by atoms with van der Waals surface area (Å²) in [5.74, 6) is 0. The van der Waals surface area contributed by atoms with Crippen molar-refractivity contribution in [2.24, 2.45) is 0 Å². The van der Waals surface area contributed by atoms with E-state index in [1.165, 1.54) is 0 Å². The van der Waals surface area contributed by atoms with Crippen molar-refractivity contribution in [3.05, 3.63) is 77.3 Å². The second-order valence-electron chi connectivity index (χ2n) is 5.42. The van der Waals surface area contributed by atoms with Crippen molar-refractivity contribution in [3.63, 3.8) is 0 Å². The predicted octanol–water partition coefficient (Wildman–Crippen LogP) is 4.53. The highest BCUT2D eigenvalue weighted by Gasteiger charge is 2.12. The Morgan fingerprint density at radius 2 is 1.91 bits per heavy atom. The zero-order valence-corrected chi connectivity index (χ0v) is 13.4. The summed E-state index contributed by atoms with van der Waals surface area (Å²) < 4.78 is 3.10. The van der Waals surface area contributed by atoms with Crippen LogP contribution in [0.25, 0.3) is 0 Å². The van der Waals surface area contributed by atoms with Gasteiger partial charge in [0.15, 0.2) is 12.3 Å². The number of hydrogen-bond donors (Lipinski definition) is 0. The van der Waals surface area contributed by atoms with Crippen LogP contribution in [0.15, 0.2) is 60.8 Å². The quantitative estimate of drug-likeness (QED) is 0.243. The molecule has 1 aromatic heterocycles. The molecule has 1 heterocycles. The Bertz CT molecular complexity index is 626. The molecule has 1 aromatic carbocycles. The third-order valence-corrected chi connectivity index (χ3v) is 3.71. The van der Waals surface area contributed by atoms with E-state index in [4.69, 9.17) is 0 Å². The fourth-order valence-corrected chi connectivity index (χ4v) is 2.30. The Hall–Kier alpha value is -2.29. The third kappa shape index (κ3) is 4.35. The van der Waals surface area contributed by atoms with Crippen molar-refractivity contribution in [2.75, 3.05) is 0 Å². The lowest BCUT2D eigenvalue weighted by Gasteiger charge is -2.13. The Morgan fingerprint density at radius 1 is 1.14 bits per heavy atom. The summed E-state index contributed by atoms with van der Waals surface area (Å²) in [4.78, 5) is 0. The summed E-state index contributed by atoms with van der Waals surface area (Å²) in [5, 5.41) is 12.4. The van der Waals surface area contributed by atoms with Gasteiger partial charge >= 0.3 is 0 Å². The highest BCUT2D eigenvalue weighted by atomic mass is 16.5. The minimum absolute atomic E-state index is 0.194. The minimum Gasteiger partial charge on any atom is -0.623 e. The summed E-state index contributed by atoms with van der Waals surface area (Å²) in [6.45, 7) is 4.89. The molecule has 2 aromatic rings. The van der Waals surface area contributed by atoms with E-state index < -0.39 is 0 Å². The SMILES string of the molecule is CCC/C=C/Cn1cccc1/C=[N+](\[O-])[C@H](C)c1ccccc1. The Morgan fingerprint density at radius 3 is 2.64 bits per heavy atom. The molecule has 0 unspecified atom stereocenters. The van der Waals surface area contributed by atoms with Crippen LogP contribution in [0.2, 0.25) is 0 Å². The zero-order valence-electron chi connectivity index (χ0n) is 13.4. The first-order chi connectivity index (χ1) is 10.7. The van der Waals surface area contributed by atoms with Gasteiger partial charge in [-0.15, -0.1) is 0 Å². The van der Waals surface area contributed by atoms with Crippen LogP contribution in [0.3, 0.4) is 0 Å². The molecule has 0 amide bonds. The van der Waals surface area contributed by atoms with Gasteiger partial charge in [0.1, 0.15) is 5.69 Å². The van der Waals surface area contributed by atoms with Gasteiger partial charge in [-0.3, -0.25) is 0 Å². The zero-order chi connectivity index (χ0) is 15.8. The number of aromatic nitrogens is 1. The highest BCUT2D eigenvalue weighted by Crippen LogP contribution is 2.15. The molecule has 0 fully saturated rings. The van der Waals surface area contributed by atoms with Crippen molar-refractivity contribution < 1.29 is 4.74 Å². The minimum atomic E-state index is -0.194. The average molecular weight is 296 g/mol. The molecule has 0 saturated carbocycles. The van der Waals surface area contributed by atoms with E-state index in [0.717, 1.165) is 35.4 Å². The van der Waals surface area contributed by atoms with E-state index in [-0.39, 0.29) is 6.04 Å². The summed E-state index contributed by atoms with van der Waals surface area (Å²) in [7, 11) is 0. The predicted molar refractivity (Wildman–Crippen MR) is 92.1 cm³/mol. The monoisotopic (exact) mass is 296 g/mol. The number of hydroxylamine groups is 1. The van der Waals surface area contributed by atoms with Gasteiger partial charge in [0.2, 0.25) is 0 Å². The molecule has 0 aliphatic heterocycles. The van der Waals surface area contributed by atoms with Gasteiger partial charge < -0.3 is 9.77 Å². The molecule has 0 spiro atoms. The van der Waals surface area contributed by atoms with Crippen molar-refractivity contribution in [1.82, 2.24) is 4.57 Å². The van der Waals surface area contributed by atoms with Gasteiger partial charge in [-0.05, 0) is 18.6 Å². The molecular formula is C19H24N2O. The molecule has 3 nitrogen and oxygen atoms in total. The molecule has 0 radical (unpaired) electrons. The van der Waals surface area contributed by atoms with Crippen LogP contribution in [0.4, 0.5) is 0 Å². The fraction of sp³-hybridized carbons (Fsp3) is 0.316. The number of nitrogens with zero attached hydrogens (tertiary/aromatic N) is 2. The summed E-state index contributed by atoms with van der Waals surface area (Å²) in [6.07, 6.45) is 10.3. The smallest absolute Gasteiger partial charge is 0.199 e. The van der Waals surface area contributed by atoms with Crippen LogP contribution < -0.4 is 0 Å². The topological polar surface area (TPSA) is 31.0 Å². The van der Waals surface area contributed by atoms with Gasteiger partial charge in [-0.2, -0.15) is 0 Å². The van der Waals surface area contributed by atoms with E-state index in [0.29, 0.717) is 0 Å². The van der Waals surface area contributed by atoms with Crippen LogP contribution in [-0.4, -0.2) is 15.5 Å². The lowest BCUT2D eigenvalue weighted by Crippen LogP contribution is -2.13. The van der Waals surface area contributed by atoms with Crippen molar-refractivity contribution >= 4 is 6.21 Å². The Labute approximate surface area is 132 Å². The number of allylic oxidation sites excluding steroid dienone is 2. The first-order valence-electron chi connectivity index (χ1n) is 7.87. The van der Waals surface area contributed by atoms with E-state index in [9.17, 15) is 5.21 Å². The van der Waals surface area contributed by atoms with Gasteiger partial charge in [0.05, 0.1) is 0 Å². The molecule has 116 valence electrons. The van der Waals surface area contributed by atoms with Crippen LogP contribution in [0.1, 0.15) is 44.0 Å². The highest BCUT2D eigenvalue weighted by molar-refractivity contribution is 5.73. The van der Waals surface area contributed by atoms with Crippen LogP contribution in [0.5, 0.6) is 0 Å². The lowest BCUT2D eigenvalue weighted by atomic mass is 10.1. The van der Waals surface area contributed by atoms with Crippen LogP contribution in [-0.2, 0) is 6.54 Å². The molecule has 0 bridgehead atoms. The van der Waals surface area contributed by atoms with Gasteiger partial charge in [-0.1, -0.05) is 55.8 Å². The fourth-order valence-electron chi connectivity index (χ4n) is 2.30. The third-order valence-electron chi connectivity index (χ3n) is 3.71. The Kier molecular flexibility index (Phi) is 6.01. The van der Waals surface area contributed by atoms with Crippen molar-refractivity contribution in [1.29, 1.82) is 0 Å². The molecule has 22 heavy (non-hydrogen) atoms. The molecule has 0 aliphatic carbocycles. The molecule has 2 rings (SSSR count). The number of rotatable bonds is 7. The molecular weight excluding hydrogens is 272 g/mol. The maximum Gasteiger partial charge on any atom is 0.199 e. The first kappa shape index (κ1) is 16.1. The number of benzene rings is 1. The molecule has 3 heteroatoms. The Balaban J connectivity index is 2.10. The molecule has 0 aliphatic rings. The van der Waals surface area contributed by atoms with E-state index >= 15 is 0 Å². The summed E-state index contributed by atoms with van der Waals surface area (Å²) in [5.41, 5.74) is 1.95. The average Bonchev–Trinajstić information content (AvgIpc) is 2.98. The number of unbranched alkanes of at least 4 members (excludes halogenated alkanes) is 1. The first-order valence-corrected chi connectivity index (χ1v) is 7.87. The largest absolute Gasteiger partial charge is 0.623 e.